The van der Waals surface area contributed by atoms with Gasteiger partial charge in [0.25, 0.3) is 0 Å². The predicted octanol–water partition coefficient (Wildman–Crippen LogP) is 3.72. The minimum atomic E-state index is -0.176. The Morgan fingerprint density at radius 1 is 1.00 bits per heavy atom. The molecule has 20 heavy (non-hydrogen) atoms. The Bertz CT molecular complexity index is 397. The molecule has 0 unspecified atom stereocenters. The van der Waals surface area contributed by atoms with E-state index in [1.54, 1.807) is 0 Å². The van der Waals surface area contributed by atoms with Gasteiger partial charge in [0.2, 0.25) is 0 Å². The van der Waals surface area contributed by atoms with Crippen LogP contribution in [-0.2, 0) is 11.2 Å². The molecule has 0 amide bonds. The highest BCUT2D eigenvalue weighted by Crippen LogP contribution is 2.34. The smallest absolute Gasteiger partial charge is 0.0644 e. The van der Waals surface area contributed by atoms with Crippen molar-refractivity contribution in [3.8, 4) is 0 Å². The van der Waals surface area contributed by atoms with E-state index in [4.69, 9.17) is 4.74 Å². The fourth-order valence-electron chi connectivity index (χ4n) is 3.84. The highest BCUT2D eigenvalue weighted by molar-refractivity contribution is 5.15. The van der Waals surface area contributed by atoms with Crippen molar-refractivity contribution >= 4 is 0 Å². The van der Waals surface area contributed by atoms with Crippen molar-refractivity contribution in [1.29, 1.82) is 0 Å². The number of rotatable bonds is 3. The highest BCUT2D eigenvalue weighted by Gasteiger charge is 2.33. The summed E-state index contributed by atoms with van der Waals surface area (Å²) in [6.45, 7) is 0. The average Bonchev–Trinajstić information content (AvgIpc) is 2.49. The molecule has 1 aliphatic carbocycles. The lowest BCUT2D eigenvalue weighted by molar-refractivity contribution is -0.121. The lowest BCUT2D eigenvalue weighted by Crippen LogP contribution is -2.41. The summed E-state index contributed by atoms with van der Waals surface area (Å²) in [5.74, 6) is 0.678. The number of hydrogen-bond donors (Lipinski definition) is 1. The van der Waals surface area contributed by atoms with Gasteiger partial charge in [-0.25, -0.2) is 0 Å². The van der Waals surface area contributed by atoms with E-state index in [0.29, 0.717) is 5.92 Å². The molecule has 0 spiro atoms. The van der Waals surface area contributed by atoms with E-state index in [1.807, 2.05) is 6.07 Å². The van der Waals surface area contributed by atoms with Crippen LogP contribution in [0, 0.1) is 5.92 Å². The van der Waals surface area contributed by atoms with E-state index in [-0.39, 0.29) is 18.3 Å². The minimum absolute atomic E-state index is 0.176. The summed E-state index contributed by atoms with van der Waals surface area (Å²) in [5.41, 5.74) is 1.31. The summed E-state index contributed by atoms with van der Waals surface area (Å²) in [6.07, 6.45) is 9.48. The van der Waals surface area contributed by atoms with Crippen LogP contribution in [0.5, 0.6) is 0 Å². The van der Waals surface area contributed by atoms with E-state index in [9.17, 15) is 5.11 Å². The van der Waals surface area contributed by atoms with Crippen LogP contribution in [0.1, 0.15) is 50.5 Å². The second-order valence-electron chi connectivity index (χ2n) is 6.51. The average molecular weight is 274 g/mol. The van der Waals surface area contributed by atoms with Crippen molar-refractivity contribution in [2.24, 2.45) is 5.92 Å². The number of benzene rings is 1. The van der Waals surface area contributed by atoms with E-state index in [1.165, 1.54) is 37.7 Å². The molecule has 1 saturated carbocycles. The molecule has 1 aliphatic heterocycles. The molecule has 1 aromatic carbocycles. The second kappa shape index (κ2) is 6.73. The van der Waals surface area contributed by atoms with Gasteiger partial charge in [-0.3, -0.25) is 0 Å². The first-order valence-electron chi connectivity index (χ1n) is 8.18. The molecule has 2 heteroatoms. The van der Waals surface area contributed by atoms with Gasteiger partial charge in [0, 0.05) is 0 Å². The first-order chi connectivity index (χ1) is 9.81. The second-order valence-corrected chi connectivity index (χ2v) is 6.51. The van der Waals surface area contributed by atoms with Crippen LogP contribution in [0.3, 0.4) is 0 Å². The van der Waals surface area contributed by atoms with Gasteiger partial charge in [-0.15, -0.1) is 0 Å². The van der Waals surface area contributed by atoms with E-state index in [2.05, 4.69) is 24.3 Å². The maximum atomic E-state index is 10.2. The van der Waals surface area contributed by atoms with Gasteiger partial charge in [-0.05, 0) is 43.6 Å². The monoisotopic (exact) mass is 274 g/mol. The van der Waals surface area contributed by atoms with Gasteiger partial charge in [0.1, 0.15) is 0 Å². The van der Waals surface area contributed by atoms with Gasteiger partial charge in [-0.1, -0.05) is 49.6 Å². The Morgan fingerprint density at radius 2 is 1.75 bits per heavy atom. The Labute approximate surface area is 122 Å². The van der Waals surface area contributed by atoms with E-state index < -0.39 is 0 Å². The zero-order valence-electron chi connectivity index (χ0n) is 12.2. The van der Waals surface area contributed by atoms with Crippen LogP contribution in [-0.4, -0.2) is 23.4 Å². The van der Waals surface area contributed by atoms with Crippen LogP contribution in [0.4, 0.5) is 0 Å². The lowest BCUT2D eigenvalue weighted by atomic mass is 9.81. The maximum absolute atomic E-state index is 10.2. The fourth-order valence-corrected chi connectivity index (χ4v) is 3.84. The van der Waals surface area contributed by atoms with Crippen LogP contribution >= 0.6 is 0 Å². The normalized spacial score (nSPS) is 32.1. The quantitative estimate of drug-likeness (QED) is 0.910. The molecule has 0 radical (unpaired) electrons. The molecule has 3 atom stereocenters. The van der Waals surface area contributed by atoms with Crippen LogP contribution < -0.4 is 0 Å². The van der Waals surface area contributed by atoms with Crippen molar-refractivity contribution in [3.05, 3.63) is 35.9 Å². The summed E-state index contributed by atoms with van der Waals surface area (Å²) in [5, 5.41) is 10.2. The maximum Gasteiger partial charge on any atom is 0.0644 e. The SMILES string of the molecule is O[C@H]1C[C@@H](Cc2ccccc2)O[C@@H](C2CCCCC2)C1. The Kier molecular flexibility index (Phi) is 4.74. The summed E-state index contributed by atoms with van der Waals surface area (Å²) < 4.78 is 6.34. The Balaban J connectivity index is 1.60. The molecule has 2 nitrogen and oxygen atoms in total. The number of aliphatic hydroxyl groups is 1. The zero-order valence-corrected chi connectivity index (χ0v) is 12.2. The van der Waals surface area contributed by atoms with Crippen molar-refractivity contribution < 1.29 is 9.84 Å². The summed E-state index contributed by atoms with van der Waals surface area (Å²) >= 11 is 0. The molecule has 0 bridgehead atoms. The highest BCUT2D eigenvalue weighted by atomic mass is 16.5. The molecule has 1 heterocycles. The molecule has 1 N–H and O–H groups in total. The predicted molar refractivity (Wildman–Crippen MR) is 80.6 cm³/mol. The molecule has 110 valence electrons. The van der Waals surface area contributed by atoms with E-state index in [0.717, 1.165) is 19.3 Å². The van der Waals surface area contributed by atoms with Gasteiger partial charge >= 0.3 is 0 Å². The third-order valence-corrected chi connectivity index (χ3v) is 4.89. The summed E-state index contributed by atoms with van der Waals surface area (Å²) in [4.78, 5) is 0. The van der Waals surface area contributed by atoms with Crippen LogP contribution in [0.15, 0.2) is 30.3 Å². The standard InChI is InChI=1S/C18H26O2/c19-16-12-17(11-14-7-3-1-4-8-14)20-18(13-16)15-9-5-2-6-10-15/h1,3-4,7-8,15-19H,2,5-6,9-13H2/t16-,17+,18+/m0/s1. The number of ether oxygens (including phenoxy) is 1. The lowest BCUT2D eigenvalue weighted by Gasteiger charge is -2.39. The Morgan fingerprint density at radius 3 is 2.50 bits per heavy atom. The molecule has 0 aromatic heterocycles. The van der Waals surface area contributed by atoms with Gasteiger partial charge in [0.05, 0.1) is 18.3 Å². The fraction of sp³-hybridized carbons (Fsp3) is 0.667. The first-order valence-corrected chi connectivity index (χ1v) is 8.18. The number of aliphatic hydroxyl groups excluding tert-OH is 1. The zero-order chi connectivity index (χ0) is 13.8. The topological polar surface area (TPSA) is 29.5 Å². The summed E-state index contributed by atoms with van der Waals surface area (Å²) in [6, 6.07) is 10.5. The van der Waals surface area contributed by atoms with E-state index >= 15 is 0 Å². The Hall–Kier alpha value is -0.860. The summed E-state index contributed by atoms with van der Waals surface area (Å²) in [7, 11) is 0. The van der Waals surface area contributed by atoms with Crippen molar-refractivity contribution in [1.82, 2.24) is 0 Å². The van der Waals surface area contributed by atoms with Gasteiger partial charge < -0.3 is 9.84 Å². The molecule has 2 aliphatic rings. The molecular weight excluding hydrogens is 248 g/mol. The third-order valence-electron chi connectivity index (χ3n) is 4.89. The minimum Gasteiger partial charge on any atom is -0.393 e. The molecular formula is C18H26O2. The number of hydrogen-bond acceptors (Lipinski definition) is 2. The first kappa shape index (κ1) is 14.1. The third kappa shape index (κ3) is 3.62. The van der Waals surface area contributed by atoms with Crippen LogP contribution in [0.2, 0.25) is 0 Å². The molecule has 1 aromatic rings. The molecule has 2 fully saturated rings. The molecule has 1 saturated heterocycles. The largest absolute Gasteiger partial charge is 0.393 e. The van der Waals surface area contributed by atoms with Crippen molar-refractivity contribution in [3.63, 3.8) is 0 Å². The van der Waals surface area contributed by atoms with Gasteiger partial charge in [-0.2, -0.15) is 0 Å². The van der Waals surface area contributed by atoms with Gasteiger partial charge in [0.15, 0.2) is 0 Å². The van der Waals surface area contributed by atoms with Crippen molar-refractivity contribution in [2.45, 2.75) is 69.7 Å². The van der Waals surface area contributed by atoms with Crippen molar-refractivity contribution in [2.75, 3.05) is 0 Å². The molecule has 3 rings (SSSR count). The van der Waals surface area contributed by atoms with Crippen LogP contribution in [0.25, 0.3) is 0 Å².